The molecule has 0 aliphatic heterocycles. The Balaban J connectivity index is 2.72. The second-order valence-corrected chi connectivity index (χ2v) is 4.34. The lowest BCUT2D eigenvalue weighted by molar-refractivity contribution is 0.203. The molecule has 0 saturated heterocycles. The SMILES string of the molecule is COCCN(c1ccc(CCN)cn1)C(C)C. The van der Waals surface area contributed by atoms with E-state index in [0.717, 1.165) is 18.8 Å². The van der Waals surface area contributed by atoms with Gasteiger partial charge in [0.1, 0.15) is 5.82 Å². The predicted molar refractivity (Wildman–Crippen MR) is 71.4 cm³/mol. The van der Waals surface area contributed by atoms with Crippen LogP contribution in [0.2, 0.25) is 0 Å². The molecule has 0 spiro atoms. The quantitative estimate of drug-likeness (QED) is 0.779. The molecular formula is C13H23N3O. The molecule has 0 amide bonds. The van der Waals surface area contributed by atoms with Crippen molar-refractivity contribution in [3.63, 3.8) is 0 Å². The molecule has 0 aromatic carbocycles. The number of aromatic nitrogens is 1. The van der Waals surface area contributed by atoms with Gasteiger partial charge in [-0.15, -0.1) is 0 Å². The standard InChI is InChI=1S/C13H23N3O/c1-11(2)16(8-9-17-3)13-5-4-12(6-7-14)10-15-13/h4-5,10-11H,6-9,14H2,1-3H3. The molecule has 0 bridgehead atoms. The highest BCUT2D eigenvalue weighted by molar-refractivity contribution is 5.40. The predicted octanol–water partition coefficient (Wildman–Crippen LogP) is 1.44. The summed E-state index contributed by atoms with van der Waals surface area (Å²) < 4.78 is 5.12. The van der Waals surface area contributed by atoms with Crippen LogP contribution >= 0.6 is 0 Å². The third-order valence-corrected chi connectivity index (χ3v) is 2.70. The second kappa shape index (κ2) is 7.25. The number of methoxy groups -OCH3 is 1. The van der Waals surface area contributed by atoms with Gasteiger partial charge >= 0.3 is 0 Å². The van der Waals surface area contributed by atoms with E-state index in [9.17, 15) is 0 Å². The Hall–Kier alpha value is -1.13. The lowest BCUT2D eigenvalue weighted by Gasteiger charge is -2.27. The Morgan fingerprint density at radius 1 is 1.41 bits per heavy atom. The van der Waals surface area contributed by atoms with Crippen molar-refractivity contribution in [1.82, 2.24) is 4.98 Å². The molecule has 1 aromatic heterocycles. The summed E-state index contributed by atoms with van der Waals surface area (Å²) >= 11 is 0. The Morgan fingerprint density at radius 2 is 2.18 bits per heavy atom. The molecule has 1 rings (SSSR count). The minimum atomic E-state index is 0.415. The zero-order chi connectivity index (χ0) is 12.7. The number of pyridine rings is 1. The van der Waals surface area contributed by atoms with Gasteiger partial charge < -0.3 is 15.4 Å². The summed E-state index contributed by atoms with van der Waals surface area (Å²) in [5.74, 6) is 0.998. The van der Waals surface area contributed by atoms with Crippen molar-refractivity contribution in [2.24, 2.45) is 5.73 Å². The van der Waals surface area contributed by atoms with E-state index in [2.05, 4.69) is 35.9 Å². The zero-order valence-electron chi connectivity index (χ0n) is 11.0. The summed E-state index contributed by atoms with van der Waals surface area (Å²) in [6, 6.07) is 4.57. The molecule has 0 radical (unpaired) electrons. The summed E-state index contributed by atoms with van der Waals surface area (Å²) in [5, 5.41) is 0. The van der Waals surface area contributed by atoms with Crippen molar-refractivity contribution in [3.05, 3.63) is 23.9 Å². The number of nitrogens with two attached hydrogens (primary N) is 1. The topological polar surface area (TPSA) is 51.4 Å². The van der Waals surface area contributed by atoms with E-state index < -0.39 is 0 Å². The van der Waals surface area contributed by atoms with Crippen molar-refractivity contribution < 1.29 is 4.74 Å². The fraction of sp³-hybridized carbons (Fsp3) is 0.615. The molecule has 1 heterocycles. The molecule has 0 unspecified atom stereocenters. The zero-order valence-corrected chi connectivity index (χ0v) is 11.0. The number of ether oxygens (including phenoxy) is 1. The Bertz CT molecular complexity index is 311. The van der Waals surface area contributed by atoms with Crippen LogP contribution in [0.25, 0.3) is 0 Å². The summed E-state index contributed by atoms with van der Waals surface area (Å²) in [6.45, 7) is 6.55. The van der Waals surface area contributed by atoms with E-state index in [1.807, 2.05) is 6.20 Å². The van der Waals surface area contributed by atoms with Gasteiger partial charge in [0.2, 0.25) is 0 Å². The summed E-state index contributed by atoms with van der Waals surface area (Å²) in [6.07, 6.45) is 2.79. The number of hydrogen-bond donors (Lipinski definition) is 1. The number of rotatable bonds is 7. The smallest absolute Gasteiger partial charge is 0.128 e. The van der Waals surface area contributed by atoms with Gasteiger partial charge in [0.05, 0.1) is 6.61 Å². The molecule has 96 valence electrons. The summed E-state index contributed by atoms with van der Waals surface area (Å²) in [4.78, 5) is 6.72. The number of nitrogens with zero attached hydrogens (tertiary/aromatic N) is 2. The molecule has 1 aromatic rings. The minimum absolute atomic E-state index is 0.415. The van der Waals surface area contributed by atoms with E-state index >= 15 is 0 Å². The van der Waals surface area contributed by atoms with Crippen LogP contribution in [0.4, 0.5) is 5.82 Å². The van der Waals surface area contributed by atoms with Crippen molar-refractivity contribution >= 4 is 5.82 Å². The van der Waals surface area contributed by atoms with Gasteiger partial charge in [0.15, 0.2) is 0 Å². The molecule has 0 fully saturated rings. The van der Waals surface area contributed by atoms with Crippen LogP contribution in [-0.2, 0) is 11.2 Å². The molecule has 0 aliphatic carbocycles. The third kappa shape index (κ3) is 4.32. The average molecular weight is 237 g/mol. The highest BCUT2D eigenvalue weighted by atomic mass is 16.5. The Morgan fingerprint density at radius 3 is 2.65 bits per heavy atom. The maximum Gasteiger partial charge on any atom is 0.128 e. The van der Waals surface area contributed by atoms with Crippen LogP contribution < -0.4 is 10.6 Å². The number of anilines is 1. The van der Waals surface area contributed by atoms with Crippen LogP contribution in [0.5, 0.6) is 0 Å². The normalized spacial score (nSPS) is 10.9. The highest BCUT2D eigenvalue weighted by Gasteiger charge is 2.11. The van der Waals surface area contributed by atoms with Gasteiger partial charge in [-0.1, -0.05) is 6.07 Å². The second-order valence-electron chi connectivity index (χ2n) is 4.34. The first-order valence-corrected chi connectivity index (χ1v) is 6.09. The van der Waals surface area contributed by atoms with Gasteiger partial charge in [-0.2, -0.15) is 0 Å². The average Bonchev–Trinajstić information content (AvgIpc) is 2.31. The minimum Gasteiger partial charge on any atom is -0.383 e. The van der Waals surface area contributed by atoms with Crippen LogP contribution in [0.15, 0.2) is 18.3 Å². The van der Waals surface area contributed by atoms with Crippen LogP contribution in [0.1, 0.15) is 19.4 Å². The first-order valence-electron chi connectivity index (χ1n) is 6.09. The monoisotopic (exact) mass is 237 g/mol. The van der Waals surface area contributed by atoms with E-state index in [4.69, 9.17) is 10.5 Å². The summed E-state index contributed by atoms with van der Waals surface area (Å²) in [7, 11) is 1.72. The summed E-state index contributed by atoms with van der Waals surface area (Å²) in [5.41, 5.74) is 6.70. The van der Waals surface area contributed by atoms with E-state index in [1.165, 1.54) is 5.56 Å². The lowest BCUT2D eigenvalue weighted by atomic mass is 10.2. The van der Waals surface area contributed by atoms with Gasteiger partial charge in [-0.05, 0) is 38.4 Å². The lowest BCUT2D eigenvalue weighted by Crippen LogP contribution is -2.34. The maximum atomic E-state index is 5.52. The van der Waals surface area contributed by atoms with Crippen molar-refractivity contribution in [3.8, 4) is 0 Å². The fourth-order valence-corrected chi connectivity index (χ4v) is 1.73. The van der Waals surface area contributed by atoms with Crippen molar-refractivity contribution in [2.75, 3.05) is 31.7 Å². The van der Waals surface area contributed by atoms with E-state index in [-0.39, 0.29) is 0 Å². The molecule has 0 atom stereocenters. The fourth-order valence-electron chi connectivity index (χ4n) is 1.73. The Kier molecular flexibility index (Phi) is 5.94. The molecular weight excluding hydrogens is 214 g/mol. The van der Waals surface area contributed by atoms with Gasteiger partial charge in [-0.3, -0.25) is 0 Å². The first kappa shape index (κ1) is 13.9. The third-order valence-electron chi connectivity index (χ3n) is 2.70. The molecule has 0 saturated carbocycles. The molecule has 0 aliphatic rings. The van der Waals surface area contributed by atoms with Crippen LogP contribution in [-0.4, -0.2) is 37.8 Å². The van der Waals surface area contributed by atoms with E-state index in [0.29, 0.717) is 19.2 Å². The van der Waals surface area contributed by atoms with Gasteiger partial charge in [0, 0.05) is 25.9 Å². The van der Waals surface area contributed by atoms with Crippen molar-refractivity contribution in [1.29, 1.82) is 0 Å². The van der Waals surface area contributed by atoms with Gasteiger partial charge in [0.25, 0.3) is 0 Å². The van der Waals surface area contributed by atoms with Crippen molar-refractivity contribution in [2.45, 2.75) is 26.3 Å². The maximum absolute atomic E-state index is 5.52. The molecule has 4 heteroatoms. The van der Waals surface area contributed by atoms with E-state index in [1.54, 1.807) is 7.11 Å². The highest BCUT2D eigenvalue weighted by Crippen LogP contribution is 2.14. The van der Waals surface area contributed by atoms with Gasteiger partial charge in [-0.25, -0.2) is 4.98 Å². The number of hydrogen-bond acceptors (Lipinski definition) is 4. The first-order chi connectivity index (χ1) is 8.19. The largest absolute Gasteiger partial charge is 0.383 e. The molecule has 2 N–H and O–H groups in total. The van der Waals surface area contributed by atoms with Crippen LogP contribution in [0.3, 0.4) is 0 Å². The van der Waals surface area contributed by atoms with Crippen LogP contribution in [0, 0.1) is 0 Å². The molecule has 17 heavy (non-hydrogen) atoms. The Labute approximate surface area is 104 Å². The molecule has 4 nitrogen and oxygen atoms in total.